The SMILES string of the molecule is CC1COCCN1c1nc(-c2cnc(N)nc2)nc2c1[C@H](C(C)(C)C)CN(C(=O)O)C2. The molecule has 31 heavy (non-hydrogen) atoms. The minimum atomic E-state index is -0.947. The van der Waals surface area contributed by atoms with Gasteiger partial charge in [0.1, 0.15) is 5.82 Å². The summed E-state index contributed by atoms with van der Waals surface area (Å²) < 4.78 is 5.64. The van der Waals surface area contributed by atoms with E-state index in [0.717, 1.165) is 17.1 Å². The second-order valence-electron chi connectivity index (χ2n) is 9.26. The number of hydrogen-bond acceptors (Lipinski definition) is 8. The largest absolute Gasteiger partial charge is 0.465 e. The molecule has 1 amide bonds. The van der Waals surface area contributed by atoms with Crippen LogP contribution in [0.3, 0.4) is 0 Å². The fourth-order valence-electron chi connectivity index (χ4n) is 4.23. The van der Waals surface area contributed by atoms with Crippen LogP contribution in [-0.4, -0.2) is 68.4 Å². The summed E-state index contributed by atoms with van der Waals surface area (Å²) in [6.07, 6.45) is 2.24. The highest BCUT2D eigenvalue weighted by Gasteiger charge is 2.40. The molecule has 2 atom stereocenters. The highest BCUT2D eigenvalue weighted by molar-refractivity contribution is 5.68. The van der Waals surface area contributed by atoms with Gasteiger partial charge >= 0.3 is 6.09 Å². The fraction of sp³-hybridized carbons (Fsp3) is 0.571. The maximum atomic E-state index is 11.9. The number of carboxylic acid groups (broad SMARTS) is 1. The molecule has 2 aliphatic rings. The Morgan fingerprint density at radius 3 is 2.58 bits per heavy atom. The van der Waals surface area contributed by atoms with Crippen molar-refractivity contribution in [2.45, 2.75) is 46.2 Å². The zero-order valence-electron chi connectivity index (χ0n) is 18.4. The number of nitrogen functional groups attached to an aromatic ring is 1. The lowest BCUT2D eigenvalue weighted by Gasteiger charge is -2.43. The van der Waals surface area contributed by atoms with Crippen LogP contribution in [0.5, 0.6) is 0 Å². The van der Waals surface area contributed by atoms with Crippen LogP contribution in [0, 0.1) is 5.41 Å². The van der Waals surface area contributed by atoms with Gasteiger partial charge < -0.3 is 25.4 Å². The third-order valence-electron chi connectivity index (χ3n) is 5.98. The number of aromatic nitrogens is 4. The molecule has 0 aromatic carbocycles. The molecule has 4 heterocycles. The van der Waals surface area contributed by atoms with E-state index < -0.39 is 6.09 Å². The maximum Gasteiger partial charge on any atom is 0.407 e. The van der Waals surface area contributed by atoms with Gasteiger partial charge in [-0.2, -0.15) is 0 Å². The number of fused-ring (bicyclic) bond motifs is 1. The van der Waals surface area contributed by atoms with Crippen LogP contribution in [0.25, 0.3) is 11.4 Å². The minimum absolute atomic E-state index is 0.0471. The molecule has 0 saturated carbocycles. The number of hydrogen-bond donors (Lipinski definition) is 2. The average Bonchev–Trinajstić information content (AvgIpc) is 2.72. The Morgan fingerprint density at radius 1 is 1.26 bits per heavy atom. The van der Waals surface area contributed by atoms with E-state index in [0.29, 0.717) is 37.7 Å². The molecule has 1 fully saturated rings. The van der Waals surface area contributed by atoms with Gasteiger partial charge in [0.05, 0.1) is 37.1 Å². The van der Waals surface area contributed by atoms with Gasteiger partial charge in [0.15, 0.2) is 5.82 Å². The van der Waals surface area contributed by atoms with Crippen LogP contribution in [0.2, 0.25) is 0 Å². The summed E-state index contributed by atoms with van der Waals surface area (Å²) >= 11 is 0. The van der Waals surface area contributed by atoms with Crippen LogP contribution >= 0.6 is 0 Å². The summed E-state index contributed by atoms with van der Waals surface area (Å²) in [4.78, 5) is 33.5. The second kappa shape index (κ2) is 7.92. The number of nitrogens with zero attached hydrogens (tertiary/aromatic N) is 6. The minimum Gasteiger partial charge on any atom is -0.465 e. The lowest BCUT2D eigenvalue weighted by atomic mass is 9.74. The van der Waals surface area contributed by atoms with Crippen molar-refractivity contribution in [2.24, 2.45) is 5.41 Å². The van der Waals surface area contributed by atoms with Crippen molar-refractivity contribution in [2.75, 3.05) is 36.9 Å². The number of anilines is 2. The first-order valence-electron chi connectivity index (χ1n) is 10.5. The normalized spacial score (nSPS) is 21.7. The Kier molecular flexibility index (Phi) is 5.42. The molecule has 1 unspecified atom stereocenters. The van der Waals surface area contributed by atoms with Crippen molar-refractivity contribution in [1.82, 2.24) is 24.8 Å². The molecule has 0 aliphatic carbocycles. The third-order valence-corrected chi connectivity index (χ3v) is 5.98. The molecule has 0 bridgehead atoms. The molecule has 2 aromatic rings. The highest BCUT2D eigenvalue weighted by Crippen LogP contribution is 2.45. The number of carbonyl (C=O) groups is 1. The zero-order chi connectivity index (χ0) is 22.3. The highest BCUT2D eigenvalue weighted by atomic mass is 16.5. The van der Waals surface area contributed by atoms with Gasteiger partial charge in [-0.05, 0) is 12.3 Å². The van der Waals surface area contributed by atoms with Gasteiger partial charge in [-0.15, -0.1) is 0 Å². The molecule has 10 heteroatoms. The first-order valence-corrected chi connectivity index (χ1v) is 10.5. The third kappa shape index (κ3) is 4.12. The summed E-state index contributed by atoms with van der Waals surface area (Å²) in [5.74, 6) is 1.44. The van der Waals surface area contributed by atoms with E-state index in [1.807, 2.05) is 0 Å². The van der Waals surface area contributed by atoms with Gasteiger partial charge in [-0.3, -0.25) is 0 Å². The summed E-state index contributed by atoms with van der Waals surface area (Å²) in [6.45, 7) is 11.0. The molecule has 0 radical (unpaired) electrons. The lowest BCUT2D eigenvalue weighted by Crippen LogP contribution is -2.47. The molecule has 3 N–H and O–H groups in total. The van der Waals surface area contributed by atoms with Crippen molar-refractivity contribution in [3.05, 3.63) is 23.7 Å². The molecule has 2 aliphatic heterocycles. The van der Waals surface area contributed by atoms with Gasteiger partial charge in [-0.25, -0.2) is 24.7 Å². The standard InChI is InChI=1S/C21H29N7O3/c1-12-11-31-6-5-28(12)18-16-14(21(2,3)4)9-27(20(29)30)10-15(16)25-17(26-18)13-7-23-19(22)24-8-13/h7-8,12,14H,5-6,9-11H2,1-4H3,(H,29,30)(H2,22,23,24)/t12?,14-/m1/s1. The molecule has 1 saturated heterocycles. The smallest absolute Gasteiger partial charge is 0.407 e. The summed E-state index contributed by atoms with van der Waals surface area (Å²) in [5.41, 5.74) is 7.85. The van der Waals surface area contributed by atoms with Crippen molar-refractivity contribution in [1.29, 1.82) is 0 Å². The van der Waals surface area contributed by atoms with Crippen LogP contribution < -0.4 is 10.6 Å². The predicted molar refractivity (Wildman–Crippen MR) is 116 cm³/mol. The van der Waals surface area contributed by atoms with E-state index in [4.69, 9.17) is 20.4 Å². The fourth-order valence-corrected chi connectivity index (χ4v) is 4.23. The predicted octanol–water partition coefficient (Wildman–Crippen LogP) is 2.36. The number of ether oxygens (including phenoxy) is 1. The monoisotopic (exact) mass is 427 g/mol. The van der Waals surface area contributed by atoms with E-state index in [2.05, 4.69) is 42.6 Å². The van der Waals surface area contributed by atoms with Crippen molar-refractivity contribution in [3.8, 4) is 11.4 Å². The van der Waals surface area contributed by atoms with Gasteiger partial charge in [0.25, 0.3) is 0 Å². The quantitative estimate of drug-likeness (QED) is 0.741. The Balaban J connectivity index is 1.93. The molecule has 10 nitrogen and oxygen atoms in total. The number of nitrogens with two attached hydrogens (primary N) is 1. The average molecular weight is 428 g/mol. The number of amides is 1. The first kappa shape index (κ1) is 21.2. The van der Waals surface area contributed by atoms with E-state index >= 15 is 0 Å². The van der Waals surface area contributed by atoms with Gasteiger partial charge in [-0.1, -0.05) is 20.8 Å². The van der Waals surface area contributed by atoms with Crippen LogP contribution in [0.4, 0.5) is 16.6 Å². The molecular formula is C21H29N7O3. The van der Waals surface area contributed by atoms with E-state index in [9.17, 15) is 9.90 Å². The number of morpholine rings is 1. The van der Waals surface area contributed by atoms with E-state index in [1.165, 1.54) is 4.90 Å². The van der Waals surface area contributed by atoms with Crippen LogP contribution in [0.15, 0.2) is 12.4 Å². The van der Waals surface area contributed by atoms with Crippen molar-refractivity contribution >= 4 is 17.9 Å². The summed E-state index contributed by atoms with van der Waals surface area (Å²) in [7, 11) is 0. The first-order chi connectivity index (χ1) is 14.6. The maximum absolute atomic E-state index is 11.9. The van der Waals surface area contributed by atoms with Crippen molar-refractivity contribution in [3.63, 3.8) is 0 Å². The summed E-state index contributed by atoms with van der Waals surface area (Å²) in [5, 5.41) is 9.75. The van der Waals surface area contributed by atoms with Gasteiger partial charge in [0.2, 0.25) is 5.95 Å². The molecular weight excluding hydrogens is 398 g/mol. The Labute approximate surface area is 181 Å². The molecule has 0 spiro atoms. The molecule has 4 rings (SSSR count). The van der Waals surface area contributed by atoms with Crippen LogP contribution in [-0.2, 0) is 11.3 Å². The Hall–Kier alpha value is -3.01. The second-order valence-corrected chi connectivity index (χ2v) is 9.26. The summed E-state index contributed by atoms with van der Waals surface area (Å²) in [6, 6.07) is 0.140. The zero-order valence-corrected chi connectivity index (χ0v) is 18.4. The molecule has 166 valence electrons. The molecule has 2 aromatic heterocycles. The van der Waals surface area contributed by atoms with Crippen molar-refractivity contribution < 1.29 is 14.6 Å². The van der Waals surface area contributed by atoms with E-state index in [1.54, 1.807) is 12.4 Å². The van der Waals surface area contributed by atoms with Gasteiger partial charge in [0, 0.05) is 37.0 Å². The topological polar surface area (TPSA) is 131 Å². The Bertz CT molecular complexity index is 974. The van der Waals surface area contributed by atoms with Crippen LogP contribution in [0.1, 0.15) is 44.9 Å². The van der Waals surface area contributed by atoms with E-state index in [-0.39, 0.29) is 29.9 Å². The lowest BCUT2D eigenvalue weighted by molar-refractivity contribution is 0.0976. The number of rotatable bonds is 2. The Morgan fingerprint density at radius 2 is 1.97 bits per heavy atom.